The van der Waals surface area contributed by atoms with Crippen LogP contribution in [0, 0.1) is 5.92 Å². The maximum Gasteiger partial charge on any atom is 0.308 e. The average Bonchev–Trinajstić information content (AvgIpc) is 2.58. The first-order valence-corrected chi connectivity index (χ1v) is 10.3. The second-order valence-electron chi connectivity index (χ2n) is 7.01. The highest BCUT2D eigenvalue weighted by Gasteiger charge is 2.15. The van der Waals surface area contributed by atoms with Crippen molar-refractivity contribution in [2.45, 2.75) is 117 Å². The highest BCUT2D eigenvalue weighted by molar-refractivity contribution is 5.72. The zero-order valence-corrected chi connectivity index (χ0v) is 16.2. The van der Waals surface area contributed by atoms with E-state index in [1.54, 1.807) is 0 Å². The largest absolute Gasteiger partial charge is 0.469 e. The summed E-state index contributed by atoms with van der Waals surface area (Å²) in [4.78, 5) is 11.5. The maximum absolute atomic E-state index is 11.5. The van der Waals surface area contributed by atoms with Crippen LogP contribution in [0.4, 0.5) is 0 Å². The molecular formula is C21H42O2. The standard InChI is InChI=1S/C21H42O2/c1-4-6-7-8-9-10-11-12-13-14-15-16-17-18-19-20(5-2)21(22)23-3/h20H,4-19H2,1-3H3. The van der Waals surface area contributed by atoms with Gasteiger partial charge < -0.3 is 4.74 Å². The molecule has 0 aliphatic heterocycles. The molecule has 2 heteroatoms. The Balaban J connectivity index is 3.20. The normalized spacial score (nSPS) is 12.3. The average molecular weight is 327 g/mol. The molecular weight excluding hydrogens is 284 g/mol. The van der Waals surface area contributed by atoms with E-state index in [1.165, 1.54) is 97.0 Å². The van der Waals surface area contributed by atoms with Crippen LogP contribution in [0.1, 0.15) is 117 Å². The summed E-state index contributed by atoms with van der Waals surface area (Å²) < 4.78 is 4.83. The third-order valence-corrected chi connectivity index (χ3v) is 4.93. The van der Waals surface area contributed by atoms with Crippen molar-refractivity contribution >= 4 is 5.97 Å². The molecule has 0 aliphatic rings. The minimum Gasteiger partial charge on any atom is -0.469 e. The quantitative estimate of drug-likeness (QED) is 0.211. The molecule has 1 atom stereocenters. The zero-order chi connectivity index (χ0) is 17.2. The van der Waals surface area contributed by atoms with E-state index in [-0.39, 0.29) is 11.9 Å². The monoisotopic (exact) mass is 326 g/mol. The number of carbonyl (C=O) groups excluding carboxylic acids is 1. The Labute approximate surface area is 145 Å². The number of hydrogen-bond donors (Lipinski definition) is 0. The Morgan fingerprint density at radius 3 is 1.43 bits per heavy atom. The van der Waals surface area contributed by atoms with Crippen LogP contribution in [0.2, 0.25) is 0 Å². The van der Waals surface area contributed by atoms with E-state index in [0.717, 1.165) is 12.8 Å². The molecule has 0 aromatic rings. The summed E-state index contributed by atoms with van der Waals surface area (Å²) in [7, 11) is 1.50. The van der Waals surface area contributed by atoms with Crippen LogP contribution in [0.25, 0.3) is 0 Å². The van der Waals surface area contributed by atoms with Gasteiger partial charge in [0.15, 0.2) is 0 Å². The van der Waals surface area contributed by atoms with Gasteiger partial charge in [0, 0.05) is 0 Å². The fourth-order valence-electron chi connectivity index (χ4n) is 3.24. The topological polar surface area (TPSA) is 26.3 Å². The lowest BCUT2D eigenvalue weighted by atomic mass is 9.98. The molecule has 0 aliphatic carbocycles. The van der Waals surface area contributed by atoms with Gasteiger partial charge in [-0.05, 0) is 12.8 Å². The van der Waals surface area contributed by atoms with Crippen LogP contribution in [-0.4, -0.2) is 13.1 Å². The van der Waals surface area contributed by atoms with Gasteiger partial charge in [0.25, 0.3) is 0 Å². The minimum atomic E-state index is -0.0257. The molecule has 2 nitrogen and oxygen atoms in total. The third-order valence-electron chi connectivity index (χ3n) is 4.93. The molecule has 0 fully saturated rings. The van der Waals surface area contributed by atoms with E-state index < -0.39 is 0 Å². The lowest BCUT2D eigenvalue weighted by Gasteiger charge is -2.11. The smallest absolute Gasteiger partial charge is 0.308 e. The number of carbonyl (C=O) groups is 1. The van der Waals surface area contributed by atoms with E-state index in [1.807, 2.05) is 0 Å². The summed E-state index contributed by atoms with van der Waals surface area (Å²) in [6.07, 6.45) is 21.2. The molecule has 0 amide bonds. The van der Waals surface area contributed by atoms with Crippen molar-refractivity contribution < 1.29 is 9.53 Å². The Bertz CT molecular complexity index is 250. The van der Waals surface area contributed by atoms with Gasteiger partial charge in [0.1, 0.15) is 0 Å². The molecule has 0 saturated carbocycles. The second-order valence-corrected chi connectivity index (χ2v) is 7.01. The third kappa shape index (κ3) is 14.8. The number of unbranched alkanes of at least 4 members (excludes halogenated alkanes) is 13. The van der Waals surface area contributed by atoms with Crippen molar-refractivity contribution in [2.75, 3.05) is 7.11 Å². The molecule has 0 spiro atoms. The first kappa shape index (κ1) is 22.5. The minimum absolute atomic E-state index is 0.0257. The lowest BCUT2D eigenvalue weighted by molar-refractivity contribution is -0.145. The summed E-state index contributed by atoms with van der Waals surface area (Å²) >= 11 is 0. The summed E-state index contributed by atoms with van der Waals surface area (Å²) in [5, 5.41) is 0. The van der Waals surface area contributed by atoms with Crippen molar-refractivity contribution in [3.05, 3.63) is 0 Å². The molecule has 138 valence electrons. The molecule has 0 rings (SSSR count). The van der Waals surface area contributed by atoms with Crippen molar-refractivity contribution in [3.63, 3.8) is 0 Å². The molecule has 0 bridgehead atoms. The Morgan fingerprint density at radius 2 is 1.09 bits per heavy atom. The van der Waals surface area contributed by atoms with Gasteiger partial charge >= 0.3 is 5.97 Å². The first-order valence-electron chi connectivity index (χ1n) is 10.3. The van der Waals surface area contributed by atoms with Gasteiger partial charge in [-0.3, -0.25) is 4.79 Å². The Kier molecular flexibility index (Phi) is 17.4. The molecule has 23 heavy (non-hydrogen) atoms. The first-order chi connectivity index (χ1) is 11.3. The Hall–Kier alpha value is -0.530. The molecule has 0 N–H and O–H groups in total. The van der Waals surface area contributed by atoms with Crippen molar-refractivity contribution in [2.24, 2.45) is 5.92 Å². The van der Waals surface area contributed by atoms with Gasteiger partial charge in [0.05, 0.1) is 13.0 Å². The second kappa shape index (κ2) is 17.8. The van der Waals surface area contributed by atoms with E-state index in [2.05, 4.69) is 13.8 Å². The van der Waals surface area contributed by atoms with Crippen LogP contribution in [0.15, 0.2) is 0 Å². The Morgan fingerprint density at radius 1 is 0.696 bits per heavy atom. The van der Waals surface area contributed by atoms with Crippen LogP contribution in [0.3, 0.4) is 0 Å². The van der Waals surface area contributed by atoms with Gasteiger partial charge in [-0.25, -0.2) is 0 Å². The van der Waals surface area contributed by atoms with E-state index in [0.29, 0.717) is 0 Å². The highest BCUT2D eigenvalue weighted by Crippen LogP contribution is 2.17. The summed E-state index contributed by atoms with van der Waals surface area (Å²) in [6, 6.07) is 0. The summed E-state index contributed by atoms with van der Waals surface area (Å²) in [5.74, 6) is 0.0968. The summed E-state index contributed by atoms with van der Waals surface area (Å²) in [5.41, 5.74) is 0. The summed E-state index contributed by atoms with van der Waals surface area (Å²) in [6.45, 7) is 4.35. The van der Waals surface area contributed by atoms with Crippen molar-refractivity contribution in [1.29, 1.82) is 0 Å². The van der Waals surface area contributed by atoms with Crippen LogP contribution in [-0.2, 0) is 9.53 Å². The van der Waals surface area contributed by atoms with Crippen molar-refractivity contribution in [1.82, 2.24) is 0 Å². The van der Waals surface area contributed by atoms with E-state index in [4.69, 9.17) is 4.74 Å². The molecule has 0 aromatic heterocycles. The predicted octanol–water partition coefficient (Wildman–Crippen LogP) is 7.06. The molecule has 1 unspecified atom stereocenters. The van der Waals surface area contributed by atoms with Crippen molar-refractivity contribution in [3.8, 4) is 0 Å². The van der Waals surface area contributed by atoms with Gasteiger partial charge in [-0.2, -0.15) is 0 Å². The molecule has 0 heterocycles. The predicted molar refractivity (Wildman–Crippen MR) is 101 cm³/mol. The van der Waals surface area contributed by atoms with Gasteiger partial charge in [-0.1, -0.05) is 104 Å². The van der Waals surface area contributed by atoms with Gasteiger partial charge in [0.2, 0.25) is 0 Å². The SMILES string of the molecule is CCCCCCCCCCCCCCCCC(CC)C(=O)OC. The molecule has 0 aromatic carbocycles. The maximum atomic E-state index is 11.5. The zero-order valence-electron chi connectivity index (χ0n) is 16.2. The van der Waals surface area contributed by atoms with Gasteiger partial charge in [-0.15, -0.1) is 0 Å². The molecule has 0 saturated heterocycles. The number of methoxy groups -OCH3 is 1. The number of hydrogen-bond acceptors (Lipinski definition) is 2. The van der Waals surface area contributed by atoms with Crippen LogP contribution >= 0.6 is 0 Å². The van der Waals surface area contributed by atoms with E-state index in [9.17, 15) is 4.79 Å². The number of esters is 1. The van der Waals surface area contributed by atoms with Crippen LogP contribution in [0.5, 0.6) is 0 Å². The fraction of sp³-hybridized carbons (Fsp3) is 0.952. The highest BCUT2D eigenvalue weighted by atomic mass is 16.5. The lowest BCUT2D eigenvalue weighted by Crippen LogP contribution is -2.15. The molecule has 0 radical (unpaired) electrons. The number of rotatable bonds is 17. The van der Waals surface area contributed by atoms with E-state index >= 15 is 0 Å². The van der Waals surface area contributed by atoms with Crippen LogP contribution < -0.4 is 0 Å². The fourth-order valence-corrected chi connectivity index (χ4v) is 3.24. The number of ether oxygens (including phenoxy) is 1.